The maximum absolute atomic E-state index is 12.3. The van der Waals surface area contributed by atoms with Gasteiger partial charge in [-0.15, -0.1) is 0 Å². The summed E-state index contributed by atoms with van der Waals surface area (Å²) in [6.45, 7) is 4.61. The topological polar surface area (TPSA) is 35.5 Å². The predicted molar refractivity (Wildman–Crippen MR) is 92.1 cm³/mol. The number of benzene rings is 1. The number of unbranched alkanes of at least 4 members (excludes halogenated alkanes) is 5. The first-order chi connectivity index (χ1) is 10.7. The molecule has 23 heavy (non-hydrogen) atoms. The monoisotopic (exact) mass is 519 g/mol. The quantitative estimate of drug-likeness (QED) is 0.429. The Morgan fingerprint density at radius 1 is 1.09 bits per heavy atom. The Hall–Kier alpha value is -0.342. The summed E-state index contributed by atoms with van der Waals surface area (Å²) in [5.41, 5.74) is 1.17. The number of fused-ring (bicyclic) bond motifs is 1. The predicted octanol–water partition coefficient (Wildman–Crippen LogP) is 4.45. The number of hydrogen-bond acceptors (Lipinski definition) is 3. The van der Waals surface area contributed by atoms with Crippen molar-refractivity contribution in [3.8, 4) is 11.5 Å². The Balaban J connectivity index is 0.00000264. The average molecular weight is 520 g/mol. The van der Waals surface area contributed by atoms with Crippen LogP contribution < -0.4 is 9.47 Å². The Bertz CT molecular complexity index is 493. The van der Waals surface area contributed by atoms with Gasteiger partial charge in [-0.05, 0) is 30.5 Å². The minimum Gasteiger partial charge on any atom is -0.454 e. The zero-order chi connectivity index (χ0) is 15.8. The van der Waals surface area contributed by atoms with Crippen LogP contribution in [0.5, 0.6) is 11.5 Å². The van der Waals surface area contributed by atoms with Crippen molar-refractivity contribution >= 4 is 10.8 Å². The fraction of sp³-hybridized carbons (Fsp3) is 0.667. The van der Waals surface area contributed by atoms with Gasteiger partial charge < -0.3 is 9.47 Å². The molecule has 0 amide bonds. The first-order valence-corrected chi connectivity index (χ1v) is 9.84. The van der Waals surface area contributed by atoms with E-state index in [-0.39, 0.29) is 26.3 Å². The van der Waals surface area contributed by atoms with Gasteiger partial charge in [-0.2, -0.15) is 0 Å². The third kappa shape index (κ3) is 6.97. The van der Waals surface area contributed by atoms with E-state index >= 15 is 0 Å². The van der Waals surface area contributed by atoms with E-state index in [1.807, 2.05) is 18.2 Å². The van der Waals surface area contributed by atoms with Crippen LogP contribution in [0.15, 0.2) is 18.2 Å². The van der Waals surface area contributed by atoms with Gasteiger partial charge in [0.2, 0.25) is 6.79 Å². The minimum absolute atomic E-state index is 0. The second kappa shape index (κ2) is 11.3. The molecule has 0 aliphatic carbocycles. The van der Waals surface area contributed by atoms with Crippen LogP contribution >= 0.6 is 0 Å². The number of rotatable bonds is 10. The largest absolute Gasteiger partial charge is 0.454 e. The number of ether oxygens (including phenoxy) is 2. The van der Waals surface area contributed by atoms with E-state index in [9.17, 15) is 4.21 Å². The molecular weight excluding hydrogens is 491 g/mol. The Morgan fingerprint density at radius 2 is 1.78 bits per heavy atom. The smallest absolute Gasteiger partial charge is 0.231 e. The maximum atomic E-state index is 12.3. The molecule has 2 atom stereocenters. The summed E-state index contributed by atoms with van der Waals surface area (Å²) in [7, 11) is -0.743. The maximum Gasteiger partial charge on any atom is 0.231 e. The van der Waals surface area contributed by atoms with Crippen LogP contribution in [0.4, 0.5) is 0 Å². The molecule has 2 rings (SSSR count). The Morgan fingerprint density at radius 3 is 2.57 bits per heavy atom. The Labute approximate surface area is 157 Å². The van der Waals surface area contributed by atoms with Gasteiger partial charge in [-0.3, -0.25) is 4.21 Å². The van der Waals surface area contributed by atoms with Crippen LogP contribution in [0.25, 0.3) is 0 Å². The standard InChI is InChI=1S/C18H28O3S.Pt/c1-3-4-5-6-7-8-11-22(19)15(2)12-16-9-10-17-18(13-16)21-14-20-17;/h9-10,13,15H,3-8,11-12,14H2,1-2H3;. The molecule has 1 aliphatic rings. The minimum atomic E-state index is -0.743. The van der Waals surface area contributed by atoms with Crippen molar-refractivity contribution in [3.63, 3.8) is 0 Å². The summed E-state index contributed by atoms with van der Waals surface area (Å²) in [5, 5.41) is 0.191. The van der Waals surface area contributed by atoms with Gasteiger partial charge in [0.15, 0.2) is 11.5 Å². The molecule has 0 fully saturated rings. The van der Waals surface area contributed by atoms with Crippen LogP contribution in [0.3, 0.4) is 0 Å². The van der Waals surface area contributed by atoms with Crippen molar-refractivity contribution in [2.45, 2.75) is 64.0 Å². The van der Waals surface area contributed by atoms with Gasteiger partial charge >= 0.3 is 0 Å². The summed E-state index contributed by atoms with van der Waals surface area (Å²) in [6, 6.07) is 6.01. The van der Waals surface area contributed by atoms with Crippen molar-refractivity contribution in [1.29, 1.82) is 0 Å². The second-order valence-electron chi connectivity index (χ2n) is 6.05. The normalized spacial score (nSPS) is 15.0. The van der Waals surface area contributed by atoms with Gasteiger partial charge in [-0.1, -0.05) is 52.0 Å². The summed E-state index contributed by atoms with van der Waals surface area (Å²) in [5.74, 6) is 2.45. The molecule has 2 unspecified atom stereocenters. The van der Waals surface area contributed by atoms with Gasteiger partial charge in [0, 0.05) is 42.9 Å². The third-order valence-electron chi connectivity index (χ3n) is 4.11. The zero-order valence-electron chi connectivity index (χ0n) is 14.1. The van der Waals surface area contributed by atoms with Crippen LogP contribution in [0.2, 0.25) is 0 Å². The molecule has 5 heteroatoms. The first kappa shape index (κ1) is 20.7. The number of hydrogen-bond donors (Lipinski definition) is 0. The van der Waals surface area contributed by atoms with Crippen LogP contribution in [-0.2, 0) is 38.3 Å². The summed E-state index contributed by atoms with van der Waals surface area (Å²) >= 11 is 0. The molecular formula is C18H28O3PtS. The molecule has 0 saturated heterocycles. The molecule has 0 bridgehead atoms. The van der Waals surface area contributed by atoms with E-state index in [0.717, 1.165) is 30.1 Å². The first-order valence-electron chi connectivity index (χ1n) is 8.46. The Kier molecular flexibility index (Phi) is 10.1. The average Bonchev–Trinajstić information content (AvgIpc) is 2.98. The molecule has 0 radical (unpaired) electrons. The molecule has 1 aromatic rings. The molecule has 0 aromatic heterocycles. The van der Waals surface area contributed by atoms with Gasteiger partial charge in [0.25, 0.3) is 0 Å². The summed E-state index contributed by atoms with van der Waals surface area (Å²) in [4.78, 5) is 0. The van der Waals surface area contributed by atoms with E-state index in [2.05, 4.69) is 13.8 Å². The molecule has 1 aliphatic heterocycles. The van der Waals surface area contributed by atoms with Crippen LogP contribution in [0, 0.1) is 0 Å². The van der Waals surface area contributed by atoms with E-state index in [4.69, 9.17) is 9.47 Å². The van der Waals surface area contributed by atoms with E-state index < -0.39 is 10.8 Å². The molecule has 0 saturated carbocycles. The van der Waals surface area contributed by atoms with Gasteiger partial charge in [0.1, 0.15) is 0 Å². The fourth-order valence-corrected chi connectivity index (χ4v) is 3.99. The second-order valence-corrected chi connectivity index (χ2v) is 8.03. The SMILES string of the molecule is CCCCCCCCS(=O)C(C)Cc1ccc2c(c1)OCO2.[Pt]. The van der Waals surface area contributed by atoms with E-state index in [1.165, 1.54) is 37.7 Å². The van der Waals surface area contributed by atoms with Crippen molar-refractivity contribution in [3.05, 3.63) is 23.8 Å². The van der Waals surface area contributed by atoms with Crippen molar-refractivity contribution in [1.82, 2.24) is 0 Å². The fourth-order valence-electron chi connectivity index (χ4n) is 2.72. The zero-order valence-corrected chi connectivity index (χ0v) is 17.2. The molecule has 0 spiro atoms. The molecule has 3 nitrogen and oxygen atoms in total. The molecule has 0 N–H and O–H groups in total. The van der Waals surface area contributed by atoms with E-state index in [0.29, 0.717) is 6.79 Å². The van der Waals surface area contributed by atoms with Crippen molar-refractivity contribution in [2.75, 3.05) is 12.5 Å². The van der Waals surface area contributed by atoms with Crippen molar-refractivity contribution < 1.29 is 34.7 Å². The molecule has 1 aromatic carbocycles. The van der Waals surface area contributed by atoms with Gasteiger partial charge in [0.05, 0.1) is 0 Å². The third-order valence-corrected chi connectivity index (χ3v) is 5.86. The summed E-state index contributed by atoms with van der Waals surface area (Å²) < 4.78 is 23.0. The summed E-state index contributed by atoms with van der Waals surface area (Å²) in [6.07, 6.45) is 8.32. The molecule has 134 valence electrons. The van der Waals surface area contributed by atoms with Crippen molar-refractivity contribution in [2.24, 2.45) is 0 Å². The van der Waals surface area contributed by atoms with E-state index in [1.54, 1.807) is 0 Å². The van der Waals surface area contributed by atoms with Crippen LogP contribution in [0.1, 0.15) is 57.9 Å². The van der Waals surface area contributed by atoms with Gasteiger partial charge in [-0.25, -0.2) is 0 Å². The molecule has 1 heterocycles. The van der Waals surface area contributed by atoms with Crippen LogP contribution in [-0.4, -0.2) is 22.0 Å².